The predicted octanol–water partition coefficient (Wildman–Crippen LogP) is 2.94. The first-order valence-corrected chi connectivity index (χ1v) is 9.82. The summed E-state index contributed by atoms with van der Waals surface area (Å²) in [6, 6.07) is 17.9. The second kappa shape index (κ2) is 6.93. The number of hydrogen-bond acceptors (Lipinski definition) is 4. The minimum Gasteiger partial charge on any atom is -0.389 e. The minimum atomic E-state index is -1.31. The molecule has 4 aromatic rings. The molecule has 134 valence electrons. The van der Waals surface area contributed by atoms with Gasteiger partial charge in [0, 0.05) is 34.1 Å². The maximum absolute atomic E-state index is 12.0. The third-order valence-electron chi connectivity index (χ3n) is 4.44. The normalized spacial score (nSPS) is 13.9. The Hall–Kier alpha value is -2.64. The van der Waals surface area contributed by atoms with Crippen LogP contribution >= 0.6 is 0 Å². The van der Waals surface area contributed by atoms with Crippen LogP contribution in [0.5, 0.6) is 0 Å². The average Bonchev–Trinajstić information content (AvgIpc) is 3.27. The molecule has 0 spiro atoms. The predicted molar refractivity (Wildman–Crippen MR) is 103 cm³/mol. The number of rotatable bonds is 6. The number of aromatic nitrogens is 2. The van der Waals surface area contributed by atoms with Gasteiger partial charge in [0.2, 0.25) is 0 Å². The molecule has 26 heavy (non-hydrogen) atoms. The number of fused-ring (bicyclic) bond motifs is 3. The van der Waals surface area contributed by atoms with Crippen molar-refractivity contribution in [1.29, 1.82) is 0 Å². The molecular weight excluding hydrogens is 350 g/mol. The summed E-state index contributed by atoms with van der Waals surface area (Å²) >= 11 is 0. The van der Waals surface area contributed by atoms with E-state index in [2.05, 4.69) is 34.0 Å². The van der Waals surface area contributed by atoms with Gasteiger partial charge in [0.25, 0.3) is 0 Å². The van der Waals surface area contributed by atoms with E-state index in [9.17, 15) is 9.32 Å². The molecule has 2 unspecified atom stereocenters. The fourth-order valence-electron chi connectivity index (χ4n) is 3.32. The van der Waals surface area contributed by atoms with Crippen LogP contribution in [0.3, 0.4) is 0 Å². The lowest BCUT2D eigenvalue weighted by molar-refractivity contribution is 0.166. The van der Waals surface area contributed by atoms with E-state index >= 15 is 0 Å². The summed E-state index contributed by atoms with van der Waals surface area (Å²) in [6.45, 7) is 0.579. The van der Waals surface area contributed by atoms with Crippen molar-refractivity contribution >= 4 is 38.6 Å². The van der Waals surface area contributed by atoms with Crippen LogP contribution in [0.1, 0.15) is 0 Å². The first kappa shape index (κ1) is 16.8. The summed E-state index contributed by atoms with van der Waals surface area (Å²) in [7, 11) is -1.31. The molecule has 6 nitrogen and oxygen atoms in total. The standard InChI is InChI=1S/C19H19N3O3S/c1-26(24)22(19-10-11-25-20-19)13-14(23)12-21-17-8-4-2-6-15(17)16-7-3-5-9-18(16)21/h2-11,14,23H,12-13H2,1H3. The molecule has 0 aliphatic carbocycles. The second-order valence-electron chi connectivity index (χ2n) is 6.14. The molecule has 0 bridgehead atoms. The van der Waals surface area contributed by atoms with Gasteiger partial charge < -0.3 is 14.2 Å². The number of nitrogens with zero attached hydrogens (tertiary/aromatic N) is 3. The second-order valence-corrected chi connectivity index (χ2v) is 7.43. The highest BCUT2D eigenvalue weighted by molar-refractivity contribution is 7.85. The van der Waals surface area contributed by atoms with Gasteiger partial charge >= 0.3 is 0 Å². The molecule has 1 N–H and O–H groups in total. The lowest BCUT2D eigenvalue weighted by Gasteiger charge is -2.22. The van der Waals surface area contributed by atoms with E-state index in [0.29, 0.717) is 12.4 Å². The lowest BCUT2D eigenvalue weighted by atomic mass is 10.2. The Kier molecular flexibility index (Phi) is 4.48. The highest BCUT2D eigenvalue weighted by Crippen LogP contribution is 2.29. The minimum absolute atomic E-state index is 0.191. The average molecular weight is 369 g/mol. The van der Waals surface area contributed by atoms with E-state index in [-0.39, 0.29) is 6.54 Å². The molecule has 0 saturated carbocycles. The summed E-state index contributed by atoms with van der Waals surface area (Å²) in [5, 5.41) is 16.8. The number of aliphatic hydroxyl groups is 1. The van der Waals surface area contributed by atoms with Crippen LogP contribution in [0, 0.1) is 0 Å². The van der Waals surface area contributed by atoms with Crippen molar-refractivity contribution in [3.05, 3.63) is 60.9 Å². The van der Waals surface area contributed by atoms with Gasteiger partial charge in [-0.3, -0.25) is 4.31 Å². The Morgan fingerprint density at radius 3 is 2.27 bits per heavy atom. The molecule has 2 aromatic heterocycles. The fourth-order valence-corrected chi connectivity index (χ4v) is 4.06. The summed E-state index contributed by atoms with van der Waals surface area (Å²) in [6.07, 6.45) is 2.26. The summed E-state index contributed by atoms with van der Waals surface area (Å²) < 4.78 is 20.5. The Bertz CT molecular complexity index is 1010. The van der Waals surface area contributed by atoms with Crippen molar-refractivity contribution in [2.75, 3.05) is 17.1 Å². The van der Waals surface area contributed by atoms with Crippen LogP contribution in [-0.4, -0.2) is 37.9 Å². The number of anilines is 1. The number of aliphatic hydroxyl groups excluding tert-OH is 1. The van der Waals surface area contributed by atoms with Crippen LogP contribution in [0.15, 0.2) is 65.4 Å². The van der Waals surface area contributed by atoms with Gasteiger partial charge in [-0.05, 0) is 12.1 Å². The SMILES string of the molecule is CS(=O)N(CC(O)Cn1c2ccccc2c2ccccc21)c1ccon1. The van der Waals surface area contributed by atoms with Crippen molar-refractivity contribution in [3.63, 3.8) is 0 Å². The molecule has 0 fully saturated rings. The zero-order chi connectivity index (χ0) is 18.1. The van der Waals surface area contributed by atoms with Gasteiger partial charge in [0.1, 0.15) is 17.2 Å². The molecule has 0 aliphatic rings. The molecule has 0 aliphatic heterocycles. The molecule has 2 atom stereocenters. The molecule has 2 heterocycles. The fraction of sp³-hybridized carbons (Fsp3) is 0.211. The Morgan fingerprint density at radius 2 is 1.73 bits per heavy atom. The molecule has 0 amide bonds. The van der Waals surface area contributed by atoms with Crippen LogP contribution in [0.4, 0.5) is 5.82 Å². The number of para-hydroxylation sites is 2. The Labute approximate surface area is 153 Å². The van der Waals surface area contributed by atoms with Crippen LogP contribution < -0.4 is 4.31 Å². The van der Waals surface area contributed by atoms with Crippen molar-refractivity contribution < 1.29 is 13.8 Å². The topological polar surface area (TPSA) is 71.5 Å². The lowest BCUT2D eigenvalue weighted by Crippen LogP contribution is -2.35. The van der Waals surface area contributed by atoms with Crippen molar-refractivity contribution in [2.24, 2.45) is 0 Å². The Morgan fingerprint density at radius 1 is 1.12 bits per heavy atom. The van der Waals surface area contributed by atoms with E-state index < -0.39 is 17.1 Å². The molecule has 7 heteroatoms. The first-order chi connectivity index (χ1) is 12.6. The zero-order valence-corrected chi connectivity index (χ0v) is 15.1. The molecular formula is C19H19N3O3S. The third-order valence-corrected chi connectivity index (χ3v) is 5.40. The van der Waals surface area contributed by atoms with E-state index in [1.165, 1.54) is 10.6 Å². The number of benzene rings is 2. The largest absolute Gasteiger partial charge is 0.389 e. The summed E-state index contributed by atoms with van der Waals surface area (Å²) in [5.74, 6) is 0.451. The van der Waals surface area contributed by atoms with Crippen LogP contribution in [-0.2, 0) is 17.5 Å². The molecule has 2 aromatic carbocycles. The number of hydrogen-bond donors (Lipinski definition) is 1. The molecule has 0 radical (unpaired) electrons. The van der Waals surface area contributed by atoms with Gasteiger partial charge in [-0.15, -0.1) is 0 Å². The monoisotopic (exact) mass is 369 g/mol. The van der Waals surface area contributed by atoms with Gasteiger partial charge in [-0.25, -0.2) is 4.21 Å². The molecule has 4 rings (SSSR count). The van der Waals surface area contributed by atoms with Gasteiger partial charge in [0.05, 0.1) is 19.2 Å². The van der Waals surface area contributed by atoms with Crippen LogP contribution in [0.2, 0.25) is 0 Å². The van der Waals surface area contributed by atoms with E-state index in [0.717, 1.165) is 21.8 Å². The highest BCUT2D eigenvalue weighted by Gasteiger charge is 2.20. The summed E-state index contributed by atoms with van der Waals surface area (Å²) in [4.78, 5) is 0. The van der Waals surface area contributed by atoms with Gasteiger partial charge in [-0.1, -0.05) is 41.6 Å². The van der Waals surface area contributed by atoms with Crippen LogP contribution in [0.25, 0.3) is 21.8 Å². The van der Waals surface area contributed by atoms with E-state index in [1.54, 1.807) is 12.3 Å². The Balaban J connectivity index is 1.67. The third kappa shape index (κ3) is 3.00. The maximum atomic E-state index is 12.0. The van der Waals surface area contributed by atoms with Crippen molar-refractivity contribution in [2.45, 2.75) is 12.6 Å². The van der Waals surface area contributed by atoms with Crippen molar-refractivity contribution in [3.8, 4) is 0 Å². The van der Waals surface area contributed by atoms with Crippen molar-refractivity contribution in [1.82, 2.24) is 9.72 Å². The van der Waals surface area contributed by atoms with Gasteiger partial charge in [0.15, 0.2) is 5.82 Å². The molecule has 0 saturated heterocycles. The van der Waals surface area contributed by atoms with E-state index in [4.69, 9.17) is 4.52 Å². The summed E-state index contributed by atoms with van der Waals surface area (Å²) in [5.41, 5.74) is 2.14. The highest BCUT2D eigenvalue weighted by atomic mass is 32.2. The first-order valence-electron chi connectivity index (χ1n) is 8.30. The quantitative estimate of drug-likeness (QED) is 0.567. The maximum Gasteiger partial charge on any atom is 0.183 e. The zero-order valence-electron chi connectivity index (χ0n) is 14.3. The van der Waals surface area contributed by atoms with Gasteiger partial charge in [-0.2, -0.15) is 0 Å². The smallest absolute Gasteiger partial charge is 0.183 e. The van der Waals surface area contributed by atoms with E-state index in [1.807, 2.05) is 24.3 Å².